The van der Waals surface area contributed by atoms with Crippen molar-refractivity contribution in [1.82, 2.24) is 0 Å². The summed E-state index contributed by atoms with van der Waals surface area (Å²) >= 11 is 0. The van der Waals surface area contributed by atoms with E-state index in [-0.39, 0.29) is 23.7 Å². The van der Waals surface area contributed by atoms with Crippen LogP contribution in [0.25, 0.3) is 0 Å². The Morgan fingerprint density at radius 1 is 1.17 bits per heavy atom. The Kier molecular flexibility index (Phi) is 9.87. The van der Waals surface area contributed by atoms with Crippen LogP contribution in [0.5, 0.6) is 0 Å². The molecule has 0 aromatic heterocycles. The Hall–Kier alpha value is -0.680. The lowest BCUT2D eigenvalue weighted by Crippen LogP contribution is -2.32. The van der Waals surface area contributed by atoms with Crippen LogP contribution in [0.3, 0.4) is 0 Å². The van der Waals surface area contributed by atoms with Crippen molar-refractivity contribution < 1.29 is 14.4 Å². The molecule has 2 unspecified atom stereocenters. The summed E-state index contributed by atoms with van der Waals surface area (Å²) in [6.45, 7) is 9.40. The fourth-order valence-electron chi connectivity index (χ4n) is 2.07. The van der Waals surface area contributed by atoms with Gasteiger partial charge in [-0.05, 0) is 26.2 Å². The Bertz CT molecular complexity index is 217. The fraction of sp³-hybridized carbons (Fsp3) is 1.00. The van der Waals surface area contributed by atoms with E-state index >= 15 is 0 Å². The van der Waals surface area contributed by atoms with Crippen molar-refractivity contribution in [1.29, 1.82) is 0 Å². The summed E-state index contributed by atoms with van der Waals surface area (Å²) in [5.41, 5.74) is 0. The van der Waals surface area contributed by atoms with Crippen LogP contribution in [0.1, 0.15) is 47.0 Å². The first-order valence-corrected chi connectivity index (χ1v) is 6.91. The molecule has 0 N–H and O–H groups in total. The molecule has 5 heteroatoms. The van der Waals surface area contributed by atoms with E-state index in [4.69, 9.17) is 9.47 Å². The van der Waals surface area contributed by atoms with Crippen molar-refractivity contribution in [2.75, 3.05) is 19.8 Å². The van der Waals surface area contributed by atoms with Crippen LogP contribution in [-0.4, -0.2) is 31.0 Å². The van der Waals surface area contributed by atoms with Crippen molar-refractivity contribution in [2.24, 2.45) is 11.8 Å². The zero-order valence-electron chi connectivity index (χ0n) is 12.1. The molecule has 0 aliphatic carbocycles. The van der Waals surface area contributed by atoms with Crippen molar-refractivity contribution in [3.63, 3.8) is 0 Å². The minimum absolute atomic E-state index is 0.0257. The molecule has 18 heavy (non-hydrogen) atoms. The van der Waals surface area contributed by atoms with Gasteiger partial charge in [0.25, 0.3) is 0 Å². The first kappa shape index (κ1) is 17.3. The van der Waals surface area contributed by atoms with Gasteiger partial charge in [-0.15, -0.1) is 0 Å². The zero-order chi connectivity index (χ0) is 14.0. The summed E-state index contributed by atoms with van der Waals surface area (Å²) in [6.07, 6.45) is 2.15. The van der Waals surface area contributed by atoms with Gasteiger partial charge >= 0.3 is 0 Å². The first-order valence-electron chi connectivity index (χ1n) is 6.91. The molecule has 2 atom stereocenters. The molecule has 0 fully saturated rings. The summed E-state index contributed by atoms with van der Waals surface area (Å²) in [5.74, 6) is 0.676. The van der Waals surface area contributed by atoms with Crippen molar-refractivity contribution in [3.8, 4) is 0 Å². The van der Waals surface area contributed by atoms with Crippen LogP contribution in [-0.2, 0) is 9.47 Å². The second-order valence-corrected chi connectivity index (χ2v) is 4.53. The van der Waals surface area contributed by atoms with E-state index in [0.717, 1.165) is 12.8 Å². The highest BCUT2D eigenvalue weighted by Crippen LogP contribution is 2.27. The molecular formula is C13H27NO4. The molecule has 0 bridgehead atoms. The van der Waals surface area contributed by atoms with Crippen LogP contribution >= 0.6 is 0 Å². The smallest absolute Gasteiger partial charge is 0.203 e. The molecular weight excluding hydrogens is 234 g/mol. The lowest BCUT2D eigenvalue weighted by atomic mass is 9.87. The average molecular weight is 261 g/mol. The molecule has 0 saturated carbocycles. The van der Waals surface area contributed by atoms with E-state index < -0.39 is 0 Å². The van der Waals surface area contributed by atoms with Gasteiger partial charge in [0.15, 0.2) is 6.29 Å². The van der Waals surface area contributed by atoms with Gasteiger partial charge in [0.05, 0.1) is 0 Å². The van der Waals surface area contributed by atoms with E-state index in [1.54, 1.807) is 0 Å². The standard InChI is InChI=1S/C13H27NO4/c1-5-11(4)12(9-8-10-14(15)16)13(17-6-2)18-7-3/h11-13H,5-10H2,1-4H3. The van der Waals surface area contributed by atoms with Crippen molar-refractivity contribution in [2.45, 2.75) is 53.2 Å². The molecule has 0 rings (SSSR count). The van der Waals surface area contributed by atoms with Gasteiger partial charge < -0.3 is 9.47 Å². The molecule has 0 radical (unpaired) electrons. The van der Waals surface area contributed by atoms with Gasteiger partial charge in [0, 0.05) is 30.5 Å². The first-order chi connectivity index (χ1) is 8.56. The monoisotopic (exact) mass is 261 g/mol. The van der Waals surface area contributed by atoms with Crippen LogP contribution in [0.2, 0.25) is 0 Å². The second-order valence-electron chi connectivity index (χ2n) is 4.53. The summed E-state index contributed by atoms with van der Waals surface area (Å²) < 4.78 is 11.3. The number of hydrogen-bond acceptors (Lipinski definition) is 4. The predicted octanol–water partition coefficient (Wildman–Crippen LogP) is 3.10. The highest BCUT2D eigenvalue weighted by molar-refractivity contribution is 4.69. The van der Waals surface area contributed by atoms with Crippen LogP contribution < -0.4 is 0 Å². The van der Waals surface area contributed by atoms with Gasteiger partial charge in [-0.2, -0.15) is 0 Å². The predicted molar refractivity (Wildman–Crippen MR) is 71.1 cm³/mol. The lowest BCUT2D eigenvalue weighted by molar-refractivity contribution is -0.480. The Morgan fingerprint density at radius 2 is 1.72 bits per heavy atom. The third-order valence-electron chi connectivity index (χ3n) is 3.26. The molecule has 0 aromatic rings. The summed E-state index contributed by atoms with van der Waals surface area (Å²) in [7, 11) is 0. The Labute approximate surface area is 110 Å². The average Bonchev–Trinajstić information content (AvgIpc) is 2.33. The maximum absolute atomic E-state index is 10.4. The second kappa shape index (κ2) is 10.3. The number of nitrogens with zero attached hydrogens (tertiary/aromatic N) is 1. The summed E-state index contributed by atoms with van der Waals surface area (Å²) in [6, 6.07) is 0. The minimum atomic E-state index is -0.260. The number of hydrogen-bond donors (Lipinski definition) is 0. The maximum Gasteiger partial charge on any atom is 0.203 e. The van der Waals surface area contributed by atoms with E-state index in [1.165, 1.54) is 0 Å². The highest BCUT2D eigenvalue weighted by Gasteiger charge is 2.27. The number of ether oxygens (including phenoxy) is 2. The molecule has 0 saturated heterocycles. The molecule has 0 aromatic carbocycles. The van der Waals surface area contributed by atoms with Gasteiger partial charge in [-0.1, -0.05) is 20.3 Å². The molecule has 0 amide bonds. The van der Waals surface area contributed by atoms with Crippen molar-refractivity contribution >= 4 is 0 Å². The van der Waals surface area contributed by atoms with E-state index in [0.29, 0.717) is 25.6 Å². The Morgan fingerprint density at radius 3 is 2.11 bits per heavy atom. The third kappa shape index (κ3) is 6.91. The molecule has 5 nitrogen and oxygen atoms in total. The minimum Gasteiger partial charge on any atom is -0.353 e. The third-order valence-corrected chi connectivity index (χ3v) is 3.26. The molecule has 0 spiro atoms. The van der Waals surface area contributed by atoms with Crippen LogP contribution in [0.4, 0.5) is 0 Å². The quantitative estimate of drug-likeness (QED) is 0.326. The fourth-order valence-corrected chi connectivity index (χ4v) is 2.07. The molecule has 0 aliphatic rings. The molecule has 108 valence electrons. The number of nitro groups is 1. The number of rotatable bonds is 11. The largest absolute Gasteiger partial charge is 0.353 e. The van der Waals surface area contributed by atoms with Crippen molar-refractivity contribution in [3.05, 3.63) is 10.1 Å². The van der Waals surface area contributed by atoms with Gasteiger partial charge in [0.1, 0.15) is 0 Å². The van der Waals surface area contributed by atoms with E-state index in [2.05, 4.69) is 13.8 Å². The maximum atomic E-state index is 10.4. The normalized spacial score (nSPS) is 14.7. The SMILES string of the molecule is CCOC(OCC)C(CCC[N+](=O)[O-])C(C)CC. The van der Waals surface area contributed by atoms with Gasteiger partial charge in [-0.25, -0.2) is 0 Å². The Balaban J connectivity index is 4.45. The zero-order valence-corrected chi connectivity index (χ0v) is 12.1. The van der Waals surface area contributed by atoms with E-state index in [9.17, 15) is 10.1 Å². The molecule has 0 aliphatic heterocycles. The van der Waals surface area contributed by atoms with E-state index in [1.807, 2.05) is 13.8 Å². The van der Waals surface area contributed by atoms with Crippen LogP contribution in [0, 0.1) is 22.0 Å². The topological polar surface area (TPSA) is 61.6 Å². The van der Waals surface area contributed by atoms with Gasteiger partial charge in [0.2, 0.25) is 6.54 Å². The summed E-state index contributed by atoms with van der Waals surface area (Å²) in [5, 5.41) is 10.4. The molecule has 0 heterocycles. The lowest BCUT2D eigenvalue weighted by Gasteiger charge is -2.30. The van der Waals surface area contributed by atoms with Gasteiger partial charge in [-0.3, -0.25) is 10.1 Å². The van der Waals surface area contributed by atoms with Crippen LogP contribution in [0.15, 0.2) is 0 Å². The highest BCUT2D eigenvalue weighted by atomic mass is 16.7. The summed E-state index contributed by atoms with van der Waals surface area (Å²) in [4.78, 5) is 10.1.